The van der Waals surface area contributed by atoms with Gasteiger partial charge < -0.3 is 15.2 Å². The molecule has 1 heterocycles. The Hall–Kier alpha value is -1.58. The van der Waals surface area contributed by atoms with Crippen molar-refractivity contribution < 1.29 is 9.47 Å². The van der Waals surface area contributed by atoms with Crippen LogP contribution in [0.25, 0.3) is 10.8 Å². The van der Waals surface area contributed by atoms with Gasteiger partial charge in [0.1, 0.15) is 5.75 Å². The zero-order chi connectivity index (χ0) is 13.9. The molecule has 3 nitrogen and oxygen atoms in total. The van der Waals surface area contributed by atoms with Crippen LogP contribution < -0.4 is 10.5 Å². The molecule has 1 aliphatic heterocycles. The molecule has 20 heavy (non-hydrogen) atoms. The Morgan fingerprint density at radius 1 is 1.20 bits per heavy atom. The van der Waals surface area contributed by atoms with Crippen LogP contribution in [-0.4, -0.2) is 19.8 Å². The highest BCUT2D eigenvalue weighted by molar-refractivity contribution is 5.88. The predicted molar refractivity (Wildman–Crippen MR) is 81.0 cm³/mol. The summed E-state index contributed by atoms with van der Waals surface area (Å²) in [5.41, 5.74) is 6.82. The minimum atomic E-state index is 0.118. The molecule has 2 N–H and O–H groups in total. The van der Waals surface area contributed by atoms with E-state index in [0.717, 1.165) is 25.0 Å². The van der Waals surface area contributed by atoms with Gasteiger partial charge in [-0.2, -0.15) is 0 Å². The lowest BCUT2D eigenvalue weighted by molar-refractivity contribution is 0.0410. The quantitative estimate of drug-likeness (QED) is 0.926. The maximum Gasteiger partial charge on any atom is 0.125 e. The van der Waals surface area contributed by atoms with Gasteiger partial charge in [0, 0.05) is 5.56 Å². The number of hydrogen-bond donors (Lipinski definition) is 1. The molecular formula is C17H21NO2. The highest BCUT2D eigenvalue weighted by Crippen LogP contribution is 2.41. The Balaban J connectivity index is 2.01. The predicted octanol–water partition coefficient (Wildman–Crippen LogP) is 3.42. The molecule has 2 aromatic rings. The largest absolute Gasteiger partial charge is 0.496 e. The molecule has 0 aliphatic carbocycles. The van der Waals surface area contributed by atoms with Gasteiger partial charge in [-0.3, -0.25) is 0 Å². The molecule has 2 unspecified atom stereocenters. The van der Waals surface area contributed by atoms with Gasteiger partial charge in [-0.05, 0) is 42.6 Å². The monoisotopic (exact) mass is 271 g/mol. The zero-order valence-electron chi connectivity index (χ0n) is 11.8. The van der Waals surface area contributed by atoms with Gasteiger partial charge in [-0.25, -0.2) is 0 Å². The molecule has 1 fully saturated rings. The van der Waals surface area contributed by atoms with Crippen LogP contribution in [0.1, 0.15) is 30.9 Å². The summed E-state index contributed by atoms with van der Waals surface area (Å²) in [6.07, 6.45) is 3.45. The smallest absolute Gasteiger partial charge is 0.125 e. The summed E-state index contributed by atoms with van der Waals surface area (Å²) in [5, 5.41) is 2.46. The van der Waals surface area contributed by atoms with Crippen molar-refractivity contribution in [2.24, 2.45) is 5.73 Å². The van der Waals surface area contributed by atoms with Crippen molar-refractivity contribution in [2.45, 2.75) is 31.5 Å². The van der Waals surface area contributed by atoms with Crippen molar-refractivity contribution >= 4 is 10.8 Å². The van der Waals surface area contributed by atoms with Crippen LogP contribution in [0.4, 0.5) is 0 Å². The van der Waals surface area contributed by atoms with Gasteiger partial charge in [0.05, 0.1) is 19.3 Å². The van der Waals surface area contributed by atoms with Crippen molar-refractivity contribution in [3.05, 3.63) is 42.0 Å². The summed E-state index contributed by atoms with van der Waals surface area (Å²) >= 11 is 0. The zero-order valence-corrected chi connectivity index (χ0v) is 11.8. The topological polar surface area (TPSA) is 44.5 Å². The van der Waals surface area contributed by atoms with Gasteiger partial charge in [-0.1, -0.05) is 30.3 Å². The third-order valence-corrected chi connectivity index (χ3v) is 4.07. The van der Waals surface area contributed by atoms with Crippen molar-refractivity contribution in [2.75, 3.05) is 13.7 Å². The highest BCUT2D eigenvalue weighted by atomic mass is 16.5. The summed E-state index contributed by atoms with van der Waals surface area (Å²) in [4.78, 5) is 0. The first kappa shape index (κ1) is 13.4. The lowest BCUT2D eigenvalue weighted by Crippen LogP contribution is -2.13. The Kier molecular flexibility index (Phi) is 3.90. The molecule has 2 aromatic carbocycles. The third kappa shape index (κ3) is 2.39. The molecule has 0 amide bonds. The summed E-state index contributed by atoms with van der Waals surface area (Å²) in [6.45, 7) is 0.685. The second-order valence-electron chi connectivity index (χ2n) is 5.30. The van der Waals surface area contributed by atoms with E-state index in [-0.39, 0.29) is 12.2 Å². The van der Waals surface area contributed by atoms with Crippen LogP contribution in [0.15, 0.2) is 36.4 Å². The van der Waals surface area contributed by atoms with Gasteiger partial charge in [0.25, 0.3) is 0 Å². The minimum absolute atomic E-state index is 0.118. The molecule has 1 aliphatic rings. The van der Waals surface area contributed by atoms with Crippen LogP contribution in [0.5, 0.6) is 5.75 Å². The second kappa shape index (κ2) is 5.81. The summed E-state index contributed by atoms with van der Waals surface area (Å²) in [6, 6.07) is 12.5. The number of methoxy groups -OCH3 is 1. The average molecular weight is 271 g/mol. The number of rotatable bonds is 4. The second-order valence-corrected chi connectivity index (χ2v) is 5.30. The first-order chi connectivity index (χ1) is 9.83. The van der Waals surface area contributed by atoms with E-state index in [0.29, 0.717) is 6.54 Å². The number of hydrogen-bond acceptors (Lipinski definition) is 3. The van der Waals surface area contributed by atoms with Crippen LogP contribution >= 0.6 is 0 Å². The van der Waals surface area contributed by atoms with E-state index >= 15 is 0 Å². The molecule has 3 heteroatoms. The lowest BCUT2D eigenvalue weighted by Gasteiger charge is -2.18. The lowest BCUT2D eigenvalue weighted by atomic mass is 9.97. The molecule has 2 atom stereocenters. The van der Waals surface area contributed by atoms with E-state index in [2.05, 4.69) is 30.3 Å². The Bertz CT molecular complexity index is 597. The van der Waals surface area contributed by atoms with E-state index < -0.39 is 0 Å². The fourth-order valence-electron chi connectivity index (χ4n) is 3.10. The van der Waals surface area contributed by atoms with Gasteiger partial charge in [-0.15, -0.1) is 0 Å². The summed E-state index contributed by atoms with van der Waals surface area (Å²) < 4.78 is 11.7. The third-order valence-electron chi connectivity index (χ3n) is 4.07. The molecule has 0 spiro atoms. The molecule has 1 saturated heterocycles. The molecule has 0 radical (unpaired) electrons. The van der Waals surface area contributed by atoms with E-state index in [9.17, 15) is 0 Å². The molecule has 0 aromatic heterocycles. The van der Waals surface area contributed by atoms with Crippen molar-refractivity contribution in [3.63, 3.8) is 0 Å². The fourth-order valence-corrected chi connectivity index (χ4v) is 3.10. The Morgan fingerprint density at radius 2 is 2.05 bits per heavy atom. The SMILES string of the molecule is COc1ccc2ccccc2c1C1CCC(CCN)O1. The van der Waals surface area contributed by atoms with Crippen LogP contribution in [0.3, 0.4) is 0 Å². The number of nitrogens with two attached hydrogens (primary N) is 1. The van der Waals surface area contributed by atoms with E-state index in [1.165, 1.54) is 16.3 Å². The normalized spacial score (nSPS) is 22.3. The Morgan fingerprint density at radius 3 is 2.85 bits per heavy atom. The highest BCUT2D eigenvalue weighted by Gasteiger charge is 2.29. The van der Waals surface area contributed by atoms with Crippen molar-refractivity contribution in [1.82, 2.24) is 0 Å². The maximum absolute atomic E-state index is 6.18. The summed E-state index contributed by atoms with van der Waals surface area (Å²) in [5.74, 6) is 0.919. The van der Waals surface area contributed by atoms with E-state index in [1.54, 1.807) is 7.11 Å². The van der Waals surface area contributed by atoms with Crippen LogP contribution in [0, 0.1) is 0 Å². The Labute approximate surface area is 119 Å². The maximum atomic E-state index is 6.18. The standard InChI is InChI=1S/C17H21NO2/c1-19-15-8-6-12-4-2-3-5-14(12)17(15)16-9-7-13(20-16)10-11-18/h2-6,8,13,16H,7,9-11,18H2,1H3. The van der Waals surface area contributed by atoms with Gasteiger partial charge in [0.2, 0.25) is 0 Å². The molecule has 0 bridgehead atoms. The average Bonchev–Trinajstić information content (AvgIpc) is 2.94. The van der Waals surface area contributed by atoms with Gasteiger partial charge in [0.15, 0.2) is 0 Å². The summed E-state index contributed by atoms with van der Waals surface area (Å²) in [7, 11) is 1.72. The molecule has 3 rings (SSSR count). The first-order valence-corrected chi connectivity index (χ1v) is 7.24. The van der Waals surface area contributed by atoms with Crippen LogP contribution in [0.2, 0.25) is 0 Å². The number of fused-ring (bicyclic) bond motifs is 1. The minimum Gasteiger partial charge on any atom is -0.496 e. The van der Waals surface area contributed by atoms with Crippen molar-refractivity contribution in [3.8, 4) is 5.75 Å². The fraction of sp³-hybridized carbons (Fsp3) is 0.412. The van der Waals surface area contributed by atoms with E-state index in [4.69, 9.17) is 15.2 Å². The molecular weight excluding hydrogens is 250 g/mol. The van der Waals surface area contributed by atoms with E-state index in [1.807, 2.05) is 6.07 Å². The first-order valence-electron chi connectivity index (χ1n) is 7.24. The van der Waals surface area contributed by atoms with Gasteiger partial charge >= 0.3 is 0 Å². The van der Waals surface area contributed by atoms with Crippen molar-refractivity contribution in [1.29, 1.82) is 0 Å². The number of ether oxygens (including phenoxy) is 2. The molecule has 0 saturated carbocycles. The number of benzene rings is 2. The van der Waals surface area contributed by atoms with Crippen LogP contribution in [-0.2, 0) is 4.74 Å². The molecule has 106 valence electrons.